The van der Waals surface area contributed by atoms with Crippen LogP contribution in [0.3, 0.4) is 0 Å². The summed E-state index contributed by atoms with van der Waals surface area (Å²) < 4.78 is 11.7. The van der Waals surface area contributed by atoms with Crippen molar-refractivity contribution in [2.75, 3.05) is 6.61 Å². The van der Waals surface area contributed by atoms with Gasteiger partial charge in [0.25, 0.3) is 0 Å². The Morgan fingerprint density at radius 2 is 2.25 bits per heavy atom. The van der Waals surface area contributed by atoms with E-state index in [2.05, 4.69) is 32.0 Å². The summed E-state index contributed by atoms with van der Waals surface area (Å²) in [6.45, 7) is 5.10. The smallest absolute Gasteiger partial charge is 0.158 e. The summed E-state index contributed by atoms with van der Waals surface area (Å²) in [6, 6.07) is 6.71. The highest BCUT2D eigenvalue weighted by atomic mass is 16.7. The lowest BCUT2D eigenvalue weighted by Crippen LogP contribution is -2.32. The number of benzene rings is 1. The second-order valence-corrected chi connectivity index (χ2v) is 4.89. The molecule has 0 N–H and O–H groups in total. The van der Waals surface area contributed by atoms with E-state index in [1.165, 1.54) is 16.7 Å². The van der Waals surface area contributed by atoms with Gasteiger partial charge in [-0.05, 0) is 30.9 Å². The Kier molecular flexibility index (Phi) is 2.49. The molecule has 0 saturated carbocycles. The molecule has 86 valence electrons. The van der Waals surface area contributed by atoms with Crippen molar-refractivity contribution in [3.8, 4) is 0 Å². The average molecular weight is 218 g/mol. The van der Waals surface area contributed by atoms with Gasteiger partial charge in [-0.3, -0.25) is 0 Å². The molecule has 0 bridgehead atoms. The Hall–Kier alpha value is -0.860. The molecule has 3 atom stereocenters. The van der Waals surface area contributed by atoms with Crippen molar-refractivity contribution in [3.63, 3.8) is 0 Å². The standard InChI is InChI=1S/C14H18O2/c1-3-13-15-8-11-7-10-5-4-9(2)6-12(10)14(11)16-13/h4-6,11,13-14H,3,7-8H2,1-2H3/t11-,13-,14+/m1/s1. The first-order valence-corrected chi connectivity index (χ1v) is 6.14. The summed E-state index contributed by atoms with van der Waals surface area (Å²) in [5, 5.41) is 0. The lowest BCUT2D eigenvalue weighted by atomic mass is 10.0. The molecule has 1 aromatic rings. The number of rotatable bonds is 1. The molecule has 0 aromatic heterocycles. The molecule has 0 radical (unpaired) electrons. The van der Waals surface area contributed by atoms with Crippen molar-refractivity contribution in [2.24, 2.45) is 5.92 Å². The summed E-state index contributed by atoms with van der Waals surface area (Å²) in [6.07, 6.45) is 2.31. The maximum absolute atomic E-state index is 6.02. The SMILES string of the molecule is CC[C@@H]1OC[C@H]2Cc3ccc(C)cc3[C@H]2O1. The molecule has 2 heteroatoms. The van der Waals surface area contributed by atoms with Crippen molar-refractivity contribution in [1.82, 2.24) is 0 Å². The van der Waals surface area contributed by atoms with Crippen LogP contribution in [0, 0.1) is 12.8 Å². The molecule has 2 nitrogen and oxygen atoms in total. The third kappa shape index (κ3) is 1.57. The molecule has 2 aliphatic rings. The van der Waals surface area contributed by atoms with Gasteiger partial charge < -0.3 is 9.47 Å². The molecule has 1 aliphatic heterocycles. The van der Waals surface area contributed by atoms with E-state index in [9.17, 15) is 0 Å². The van der Waals surface area contributed by atoms with Crippen LogP contribution in [0.4, 0.5) is 0 Å². The molecule has 1 aromatic carbocycles. The Labute approximate surface area is 96.6 Å². The monoisotopic (exact) mass is 218 g/mol. The fourth-order valence-electron chi connectivity index (χ4n) is 2.79. The summed E-state index contributed by atoms with van der Waals surface area (Å²) in [5.41, 5.74) is 4.16. The fraction of sp³-hybridized carbons (Fsp3) is 0.571. The summed E-state index contributed by atoms with van der Waals surface area (Å²) in [7, 11) is 0. The van der Waals surface area contributed by atoms with Gasteiger partial charge in [-0.2, -0.15) is 0 Å². The topological polar surface area (TPSA) is 18.5 Å². The molecule has 0 unspecified atom stereocenters. The molecular formula is C14H18O2. The van der Waals surface area contributed by atoms with Crippen LogP contribution < -0.4 is 0 Å². The largest absolute Gasteiger partial charge is 0.352 e. The molecule has 1 heterocycles. The van der Waals surface area contributed by atoms with Crippen molar-refractivity contribution in [1.29, 1.82) is 0 Å². The predicted octanol–water partition coefficient (Wildman–Crippen LogP) is 2.99. The Morgan fingerprint density at radius 1 is 1.38 bits per heavy atom. The lowest BCUT2D eigenvalue weighted by Gasteiger charge is -2.32. The number of fused-ring (bicyclic) bond motifs is 3. The lowest BCUT2D eigenvalue weighted by molar-refractivity contribution is -0.235. The van der Waals surface area contributed by atoms with E-state index in [0.29, 0.717) is 5.92 Å². The van der Waals surface area contributed by atoms with Gasteiger partial charge in [0, 0.05) is 5.92 Å². The van der Waals surface area contributed by atoms with Crippen LogP contribution >= 0.6 is 0 Å². The van der Waals surface area contributed by atoms with Gasteiger partial charge in [0.1, 0.15) is 0 Å². The second kappa shape index (κ2) is 3.86. The predicted molar refractivity (Wildman–Crippen MR) is 62.2 cm³/mol. The van der Waals surface area contributed by atoms with E-state index in [1.807, 2.05) is 0 Å². The Balaban J connectivity index is 1.92. The highest BCUT2D eigenvalue weighted by molar-refractivity contribution is 5.38. The first-order valence-electron chi connectivity index (χ1n) is 6.14. The Morgan fingerprint density at radius 3 is 3.06 bits per heavy atom. The van der Waals surface area contributed by atoms with Gasteiger partial charge in [0.15, 0.2) is 6.29 Å². The quantitative estimate of drug-likeness (QED) is 0.721. The van der Waals surface area contributed by atoms with E-state index in [1.54, 1.807) is 0 Å². The number of aryl methyl sites for hydroxylation is 1. The zero-order chi connectivity index (χ0) is 11.1. The van der Waals surface area contributed by atoms with Crippen molar-refractivity contribution < 1.29 is 9.47 Å². The van der Waals surface area contributed by atoms with Crippen LogP contribution in [0.15, 0.2) is 18.2 Å². The second-order valence-electron chi connectivity index (χ2n) is 4.89. The third-order valence-corrected chi connectivity index (χ3v) is 3.65. The van der Waals surface area contributed by atoms with Crippen molar-refractivity contribution in [2.45, 2.75) is 39.1 Å². The zero-order valence-electron chi connectivity index (χ0n) is 9.90. The number of hydrogen-bond acceptors (Lipinski definition) is 2. The van der Waals surface area contributed by atoms with Crippen LogP contribution in [0.5, 0.6) is 0 Å². The van der Waals surface area contributed by atoms with E-state index in [0.717, 1.165) is 19.4 Å². The molecule has 1 fully saturated rings. The average Bonchev–Trinajstić information content (AvgIpc) is 2.66. The summed E-state index contributed by atoms with van der Waals surface area (Å²) in [4.78, 5) is 0. The normalized spacial score (nSPS) is 32.2. The van der Waals surface area contributed by atoms with Crippen LogP contribution in [0.25, 0.3) is 0 Å². The van der Waals surface area contributed by atoms with Gasteiger partial charge in [0.2, 0.25) is 0 Å². The number of ether oxygens (including phenoxy) is 2. The fourth-order valence-corrected chi connectivity index (χ4v) is 2.79. The summed E-state index contributed by atoms with van der Waals surface area (Å²) >= 11 is 0. The van der Waals surface area contributed by atoms with E-state index in [4.69, 9.17) is 9.47 Å². The minimum Gasteiger partial charge on any atom is -0.352 e. The van der Waals surface area contributed by atoms with Crippen LogP contribution in [0.1, 0.15) is 36.1 Å². The van der Waals surface area contributed by atoms with Gasteiger partial charge in [-0.1, -0.05) is 30.7 Å². The Bertz CT molecular complexity index is 400. The van der Waals surface area contributed by atoms with Gasteiger partial charge in [0.05, 0.1) is 12.7 Å². The van der Waals surface area contributed by atoms with Gasteiger partial charge in [-0.25, -0.2) is 0 Å². The third-order valence-electron chi connectivity index (χ3n) is 3.65. The molecule has 0 amide bonds. The summed E-state index contributed by atoms with van der Waals surface area (Å²) in [5.74, 6) is 0.527. The minimum atomic E-state index is -0.00675. The maximum atomic E-state index is 6.02. The van der Waals surface area contributed by atoms with Crippen LogP contribution in [0.2, 0.25) is 0 Å². The molecule has 1 saturated heterocycles. The molecule has 0 spiro atoms. The highest BCUT2D eigenvalue weighted by Gasteiger charge is 2.38. The van der Waals surface area contributed by atoms with E-state index in [-0.39, 0.29) is 12.4 Å². The van der Waals surface area contributed by atoms with E-state index >= 15 is 0 Å². The zero-order valence-corrected chi connectivity index (χ0v) is 9.90. The van der Waals surface area contributed by atoms with Crippen molar-refractivity contribution >= 4 is 0 Å². The minimum absolute atomic E-state index is 0.00675. The molecule has 1 aliphatic carbocycles. The number of hydrogen-bond donors (Lipinski definition) is 0. The highest BCUT2D eigenvalue weighted by Crippen LogP contribution is 2.43. The molecule has 16 heavy (non-hydrogen) atoms. The van der Waals surface area contributed by atoms with Crippen LogP contribution in [-0.2, 0) is 15.9 Å². The first kappa shape index (κ1) is 10.3. The maximum Gasteiger partial charge on any atom is 0.158 e. The van der Waals surface area contributed by atoms with Gasteiger partial charge in [-0.15, -0.1) is 0 Å². The van der Waals surface area contributed by atoms with Crippen molar-refractivity contribution in [3.05, 3.63) is 34.9 Å². The van der Waals surface area contributed by atoms with Gasteiger partial charge >= 0.3 is 0 Å². The van der Waals surface area contributed by atoms with Crippen LogP contribution in [-0.4, -0.2) is 12.9 Å². The molecule has 3 rings (SSSR count). The van der Waals surface area contributed by atoms with E-state index < -0.39 is 0 Å². The molecular weight excluding hydrogens is 200 g/mol. The first-order chi connectivity index (χ1) is 7.78.